The van der Waals surface area contributed by atoms with E-state index >= 15 is 0 Å². The maximum Gasteiger partial charge on any atom is 0.223 e. The molecule has 0 bridgehead atoms. The van der Waals surface area contributed by atoms with E-state index in [1.165, 1.54) is 16.9 Å². The van der Waals surface area contributed by atoms with E-state index in [1.807, 2.05) is 13.1 Å². The molecule has 5 rings (SSSR count). The predicted molar refractivity (Wildman–Crippen MR) is 112 cm³/mol. The van der Waals surface area contributed by atoms with Gasteiger partial charge < -0.3 is 4.52 Å². The molecule has 2 aliphatic rings. The molecule has 2 aromatic heterocycles. The van der Waals surface area contributed by atoms with Crippen molar-refractivity contribution >= 4 is 11.5 Å². The standard InChI is InChI=1S/C22H27N5OS/c1-17-24-21(25-28-17)14-27-12-19-11-26(13-20-8-10-23-29-20)15-22(19,16-27)9-7-18-5-3-2-4-6-18/h2-6,8,10,19H,7,9,11-16H2,1H3. The van der Waals surface area contributed by atoms with E-state index in [9.17, 15) is 0 Å². The zero-order valence-corrected chi connectivity index (χ0v) is 17.6. The minimum atomic E-state index is 0.333. The maximum atomic E-state index is 5.17. The highest BCUT2D eigenvalue weighted by molar-refractivity contribution is 7.05. The van der Waals surface area contributed by atoms with E-state index in [1.54, 1.807) is 11.5 Å². The summed E-state index contributed by atoms with van der Waals surface area (Å²) in [7, 11) is 0. The van der Waals surface area contributed by atoms with Gasteiger partial charge >= 0.3 is 0 Å². The topological polar surface area (TPSA) is 58.3 Å². The van der Waals surface area contributed by atoms with Gasteiger partial charge in [-0.2, -0.15) is 4.98 Å². The van der Waals surface area contributed by atoms with Crippen LogP contribution in [0.3, 0.4) is 0 Å². The molecule has 2 fully saturated rings. The number of benzene rings is 1. The van der Waals surface area contributed by atoms with E-state index in [4.69, 9.17) is 4.52 Å². The molecule has 0 amide bonds. The third kappa shape index (κ3) is 4.13. The summed E-state index contributed by atoms with van der Waals surface area (Å²) in [5.41, 5.74) is 1.77. The zero-order chi connectivity index (χ0) is 19.7. The molecule has 0 saturated carbocycles. The van der Waals surface area contributed by atoms with Crippen LogP contribution in [0.4, 0.5) is 0 Å². The van der Waals surface area contributed by atoms with Crippen molar-refractivity contribution in [1.82, 2.24) is 24.3 Å². The molecule has 2 aliphatic heterocycles. The molecule has 6 nitrogen and oxygen atoms in total. The molecule has 0 N–H and O–H groups in total. The second-order valence-electron chi connectivity index (χ2n) is 8.59. The molecular formula is C22H27N5OS. The Balaban J connectivity index is 1.30. The second kappa shape index (κ2) is 7.97. The van der Waals surface area contributed by atoms with Crippen LogP contribution in [0, 0.1) is 18.3 Å². The first-order chi connectivity index (χ1) is 14.2. The Labute approximate surface area is 175 Å². The van der Waals surface area contributed by atoms with Crippen molar-refractivity contribution in [3.63, 3.8) is 0 Å². The van der Waals surface area contributed by atoms with Crippen molar-refractivity contribution in [2.24, 2.45) is 11.3 Å². The fraction of sp³-hybridized carbons (Fsp3) is 0.500. The largest absolute Gasteiger partial charge is 0.340 e. The summed E-state index contributed by atoms with van der Waals surface area (Å²) in [6.07, 6.45) is 4.28. The Morgan fingerprint density at radius 1 is 1.10 bits per heavy atom. The number of aromatic nitrogens is 3. The Bertz CT molecular complexity index is 928. The quantitative estimate of drug-likeness (QED) is 0.596. The van der Waals surface area contributed by atoms with Crippen LogP contribution in [0.25, 0.3) is 0 Å². The lowest BCUT2D eigenvalue weighted by Crippen LogP contribution is -2.34. The van der Waals surface area contributed by atoms with Crippen molar-refractivity contribution in [2.75, 3.05) is 26.2 Å². The summed E-state index contributed by atoms with van der Waals surface area (Å²) >= 11 is 1.62. The molecule has 4 heterocycles. The van der Waals surface area contributed by atoms with E-state index < -0.39 is 0 Å². The number of likely N-dealkylation sites (tertiary alicyclic amines) is 2. The lowest BCUT2D eigenvalue weighted by atomic mass is 9.76. The first-order valence-corrected chi connectivity index (χ1v) is 11.1. The third-order valence-corrected chi connectivity index (χ3v) is 7.19. The van der Waals surface area contributed by atoms with Crippen molar-refractivity contribution < 1.29 is 4.52 Å². The number of nitrogens with zero attached hydrogens (tertiary/aromatic N) is 5. The van der Waals surface area contributed by atoms with Crippen LogP contribution in [0.5, 0.6) is 0 Å². The third-order valence-electron chi connectivity index (χ3n) is 6.46. The van der Waals surface area contributed by atoms with Gasteiger partial charge in [-0.05, 0) is 41.9 Å². The molecule has 3 aromatic rings. The summed E-state index contributed by atoms with van der Waals surface area (Å²) in [6.45, 7) is 8.21. The maximum absolute atomic E-state index is 5.17. The van der Waals surface area contributed by atoms with E-state index in [-0.39, 0.29) is 0 Å². The normalized spacial score (nSPS) is 24.9. The van der Waals surface area contributed by atoms with E-state index in [0.717, 1.165) is 51.5 Å². The summed E-state index contributed by atoms with van der Waals surface area (Å²) in [5, 5.41) is 4.11. The Hall–Kier alpha value is -2.09. The lowest BCUT2D eigenvalue weighted by molar-refractivity contribution is 0.193. The number of rotatable bonds is 7. The Morgan fingerprint density at radius 3 is 2.59 bits per heavy atom. The molecule has 2 atom stereocenters. The average molecular weight is 410 g/mol. The molecule has 29 heavy (non-hydrogen) atoms. The lowest BCUT2D eigenvalue weighted by Gasteiger charge is -2.29. The fourth-order valence-electron chi connectivity index (χ4n) is 5.19. The number of aryl methyl sites for hydroxylation is 2. The first-order valence-electron chi connectivity index (χ1n) is 10.4. The molecule has 152 valence electrons. The van der Waals surface area contributed by atoms with Gasteiger partial charge in [0.25, 0.3) is 0 Å². The van der Waals surface area contributed by atoms with Crippen LogP contribution < -0.4 is 0 Å². The van der Waals surface area contributed by atoms with Crippen LogP contribution >= 0.6 is 11.5 Å². The molecule has 0 spiro atoms. The van der Waals surface area contributed by atoms with Crippen molar-refractivity contribution in [3.05, 3.63) is 64.8 Å². The number of hydrogen-bond donors (Lipinski definition) is 0. The minimum Gasteiger partial charge on any atom is -0.340 e. The SMILES string of the molecule is Cc1nc(CN2CC3CN(Cc4ccns4)CC3(CCc3ccccc3)C2)no1. The molecule has 0 radical (unpaired) electrons. The van der Waals surface area contributed by atoms with Crippen molar-refractivity contribution in [3.8, 4) is 0 Å². The Kier molecular flexibility index (Phi) is 5.20. The van der Waals surface area contributed by atoms with Crippen molar-refractivity contribution in [1.29, 1.82) is 0 Å². The minimum absolute atomic E-state index is 0.333. The summed E-state index contributed by atoms with van der Waals surface area (Å²) < 4.78 is 9.45. The first kappa shape index (κ1) is 18.9. The van der Waals surface area contributed by atoms with Gasteiger partial charge in [-0.3, -0.25) is 9.80 Å². The molecule has 2 saturated heterocycles. The van der Waals surface area contributed by atoms with E-state index in [0.29, 0.717) is 17.2 Å². The summed E-state index contributed by atoms with van der Waals surface area (Å²) in [5.74, 6) is 2.14. The monoisotopic (exact) mass is 409 g/mol. The Morgan fingerprint density at radius 2 is 1.90 bits per heavy atom. The molecule has 0 aliphatic carbocycles. The number of fused-ring (bicyclic) bond motifs is 1. The van der Waals surface area contributed by atoms with Crippen molar-refractivity contribution in [2.45, 2.75) is 32.9 Å². The highest BCUT2D eigenvalue weighted by atomic mass is 32.1. The summed E-state index contributed by atoms with van der Waals surface area (Å²) in [6, 6.07) is 13.1. The van der Waals surface area contributed by atoms with Gasteiger partial charge in [-0.1, -0.05) is 35.5 Å². The van der Waals surface area contributed by atoms with Gasteiger partial charge in [0.15, 0.2) is 5.82 Å². The van der Waals surface area contributed by atoms with Gasteiger partial charge in [0, 0.05) is 56.1 Å². The second-order valence-corrected chi connectivity index (χ2v) is 9.51. The van der Waals surface area contributed by atoms with Crippen LogP contribution in [-0.4, -0.2) is 50.5 Å². The molecule has 1 aromatic carbocycles. The van der Waals surface area contributed by atoms with Gasteiger partial charge in [-0.15, -0.1) is 0 Å². The van der Waals surface area contributed by atoms with Gasteiger partial charge in [-0.25, -0.2) is 4.37 Å². The smallest absolute Gasteiger partial charge is 0.223 e. The van der Waals surface area contributed by atoms with Crippen LogP contribution in [-0.2, 0) is 19.5 Å². The van der Waals surface area contributed by atoms with Gasteiger partial charge in [0.1, 0.15) is 0 Å². The highest BCUT2D eigenvalue weighted by Gasteiger charge is 2.51. The van der Waals surface area contributed by atoms with E-state index in [2.05, 4.69) is 60.7 Å². The van der Waals surface area contributed by atoms with Crippen LogP contribution in [0.15, 0.2) is 47.1 Å². The highest BCUT2D eigenvalue weighted by Crippen LogP contribution is 2.46. The van der Waals surface area contributed by atoms with Gasteiger partial charge in [0.05, 0.1) is 6.54 Å². The van der Waals surface area contributed by atoms with Crippen LogP contribution in [0.1, 0.15) is 28.6 Å². The van der Waals surface area contributed by atoms with Gasteiger partial charge in [0.2, 0.25) is 5.89 Å². The zero-order valence-electron chi connectivity index (χ0n) is 16.8. The number of hydrogen-bond acceptors (Lipinski definition) is 7. The molecular weight excluding hydrogens is 382 g/mol. The average Bonchev–Trinajstić information content (AvgIpc) is 3.47. The molecule has 7 heteroatoms. The molecule has 2 unspecified atom stereocenters. The predicted octanol–water partition coefficient (Wildman–Crippen LogP) is 3.40. The van der Waals surface area contributed by atoms with Crippen LogP contribution in [0.2, 0.25) is 0 Å². The fourth-order valence-corrected chi connectivity index (χ4v) is 5.81. The summed E-state index contributed by atoms with van der Waals surface area (Å²) in [4.78, 5) is 10.9.